The fourth-order valence-corrected chi connectivity index (χ4v) is 4.18. The van der Waals surface area contributed by atoms with Gasteiger partial charge in [-0.2, -0.15) is 0 Å². The summed E-state index contributed by atoms with van der Waals surface area (Å²) in [4.78, 5) is 29.2. The Morgan fingerprint density at radius 2 is 1.93 bits per heavy atom. The number of nitrogens with zero attached hydrogens (tertiary/aromatic N) is 3. The first-order valence-corrected chi connectivity index (χ1v) is 10.4. The monoisotopic (exact) mass is 421 g/mol. The van der Waals surface area contributed by atoms with Crippen LogP contribution in [0.5, 0.6) is 5.75 Å². The van der Waals surface area contributed by atoms with Crippen LogP contribution in [0, 0.1) is 10.1 Å². The van der Waals surface area contributed by atoms with E-state index in [0.717, 1.165) is 16.3 Å². The molecule has 0 bridgehead atoms. The second-order valence-corrected chi connectivity index (χ2v) is 7.67. The van der Waals surface area contributed by atoms with E-state index in [1.54, 1.807) is 11.0 Å². The number of hydrogen-bond donors (Lipinski definition) is 0. The molecule has 1 amide bonds. The highest BCUT2D eigenvalue weighted by Gasteiger charge is 2.24. The largest absolute Gasteiger partial charge is 0.484 e. The summed E-state index contributed by atoms with van der Waals surface area (Å²) < 4.78 is 5.71. The minimum atomic E-state index is -0.415. The molecule has 0 atom stereocenters. The molecule has 0 saturated heterocycles. The Labute approximate surface area is 177 Å². The van der Waals surface area contributed by atoms with Crippen LogP contribution in [-0.2, 0) is 10.5 Å². The van der Waals surface area contributed by atoms with Crippen LogP contribution in [-0.4, -0.2) is 40.6 Å². The molecule has 7 nitrogen and oxygen atoms in total. The molecule has 152 valence electrons. The molecule has 0 saturated carbocycles. The summed E-state index contributed by atoms with van der Waals surface area (Å²) >= 11 is 1.39. The molecule has 1 heterocycles. The van der Waals surface area contributed by atoms with Crippen molar-refractivity contribution < 1.29 is 14.5 Å². The van der Waals surface area contributed by atoms with Gasteiger partial charge in [-0.15, -0.1) is 0 Å². The number of rotatable bonds is 6. The van der Waals surface area contributed by atoms with E-state index in [9.17, 15) is 14.9 Å². The summed E-state index contributed by atoms with van der Waals surface area (Å²) in [5, 5.41) is 13.7. The van der Waals surface area contributed by atoms with Gasteiger partial charge in [-0.3, -0.25) is 24.8 Å². The number of amides is 1. The zero-order valence-electron chi connectivity index (χ0n) is 16.1. The highest BCUT2D eigenvalue weighted by Crippen LogP contribution is 2.23. The molecule has 1 aliphatic rings. The van der Waals surface area contributed by atoms with Crippen LogP contribution in [0.1, 0.15) is 5.56 Å². The van der Waals surface area contributed by atoms with Gasteiger partial charge in [0, 0.05) is 24.4 Å². The highest BCUT2D eigenvalue weighted by atomic mass is 32.2. The van der Waals surface area contributed by atoms with E-state index in [2.05, 4.69) is 4.99 Å². The summed E-state index contributed by atoms with van der Waals surface area (Å²) in [7, 11) is 0. The number of nitro groups is 1. The number of carbonyl (C=O) groups excluding carboxylic acids is 1. The van der Waals surface area contributed by atoms with Gasteiger partial charge in [0.15, 0.2) is 11.8 Å². The van der Waals surface area contributed by atoms with E-state index in [-0.39, 0.29) is 18.2 Å². The first kappa shape index (κ1) is 19.9. The van der Waals surface area contributed by atoms with Crippen LogP contribution in [0.15, 0.2) is 71.7 Å². The van der Waals surface area contributed by atoms with Crippen molar-refractivity contribution in [1.82, 2.24) is 4.90 Å². The Morgan fingerprint density at radius 3 is 2.77 bits per heavy atom. The number of benzene rings is 3. The van der Waals surface area contributed by atoms with Crippen LogP contribution in [0.3, 0.4) is 0 Å². The fraction of sp³-hybridized carbons (Fsp3) is 0.182. The molecule has 0 aliphatic carbocycles. The van der Waals surface area contributed by atoms with E-state index < -0.39 is 4.92 Å². The predicted octanol–water partition coefficient (Wildman–Crippen LogP) is 4.26. The quantitative estimate of drug-likeness (QED) is 0.439. The molecule has 1 aliphatic heterocycles. The number of ether oxygens (including phenoxy) is 1. The summed E-state index contributed by atoms with van der Waals surface area (Å²) in [6.07, 6.45) is 0. The molecule has 30 heavy (non-hydrogen) atoms. The molecule has 0 fully saturated rings. The van der Waals surface area contributed by atoms with Crippen molar-refractivity contribution in [3.8, 4) is 5.75 Å². The third-order valence-electron chi connectivity index (χ3n) is 4.68. The molecule has 0 unspecified atom stereocenters. The Morgan fingerprint density at radius 1 is 1.10 bits per heavy atom. The normalized spacial score (nSPS) is 13.3. The zero-order chi connectivity index (χ0) is 20.9. The van der Waals surface area contributed by atoms with Crippen molar-refractivity contribution in [2.75, 3.05) is 19.7 Å². The molecule has 3 aromatic carbocycles. The van der Waals surface area contributed by atoms with Gasteiger partial charge in [0.1, 0.15) is 5.75 Å². The first-order valence-electron chi connectivity index (χ1n) is 9.43. The van der Waals surface area contributed by atoms with Gasteiger partial charge in [0.05, 0.1) is 11.5 Å². The average Bonchev–Trinajstić information content (AvgIpc) is 3.25. The van der Waals surface area contributed by atoms with Crippen LogP contribution < -0.4 is 4.74 Å². The molecular formula is C22H19N3O4S. The number of amidine groups is 1. The lowest BCUT2D eigenvalue weighted by atomic mass is 10.1. The van der Waals surface area contributed by atoms with Gasteiger partial charge in [0.25, 0.3) is 11.6 Å². The van der Waals surface area contributed by atoms with Gasteiger partial charge in [0.2, 0.25) is 0 Å². The summed E-state index contributed by atoms with van der Waals surface area (Å²) in [5.41, 5.74) is 0.863. The standard InChI is InChI=1S/C22H19N3O4S/c26-21(14-29-20-9-8-17-5-1-2-6-18(17)13-20)24-11-10-23-22(24)30-15-16-4-3-7-19(12-16)25(27)28/h1-9,12-13H,10-11,14-15H2. The van der Waals surface area contributed by atoms with Crippen LogP contribution >= 0.6 is 11.8 Å². The topological polar surface area (TPSA) is 85.0 Å². The number of hydrogen-bond acceptors (Lipinski definition) is 6. The van der Waals surface area contributed by atoms with Gasteiger partial charge >= 0.3 is 0 Å². The summed E-state index contributed by atoms with van der Waals surface area (Å²) in [6.45, 7) is 0.977. The smallest absolute Gasteiger partial charge is 0.269 e. The van der Waals surface area contributed by atoms with Crippen molar-refractivity contribution in [1.29, 1.82) is 0 Å². The number of thioether (sulfide) groups is 1. The second kappa shape index (κ2) is 8.96. The highest BCUT2D eigenvalue weighted by molar-refractivity contribution is 8.13. The molecule has 0 aromatic heterocycles. The molecule has 0 spiro atoms. The van der Waals surface area contributed by atoms with E-state index in [1.807, 2.05) is 48.5 Å². The van der Waals surface area contributed by atoms with Gasteiger partial charge in [-0.25, -0.2) is 0 Å². The molecule has 4 rings (SSSR count). The third kappa shape index (κ3) is 4.60. The van der Waals surface area contributed by atoms with Gasteiger partial charge in [-0.05, 0) is 28.5 Å². The van der Waals surface area contributed by atoms with E-state index in [0.29, 0.717) is 29.8 Å². The number of carbonyl (C=O) groups is 1. The van der Waals surface area contributed by atoms with Crippen LogP contribution in [0.2, 0.25) is 0 Å². The van der Waals surface area contributed by atoms with Crippen molar-refractivity contribution in [3.05, 3.63) is 82.4 Å². The zero-order valence-corrected chi connectivity index (χ0v) is 16.9. The lowest BCUT2D eigenvalue weighted by molar-refractivity contribution is -0.384. The third-order valence-corrected chi connectivity index (χ3v) is 5.76. The Kier molecular flexibility index (Phi) is 5.94. The molecule has 3 aromatic rings. The molecule has 8 heteroatoms. The number of non-ortho nitro benzene ring substituents is 1. The summed E-state index contributed by atoms with van der Waals surface area (Å²) in [5.74, 6) is 0.977. The average molecular weight is 421 g/mol. The maximum Gasteiger partial charge on any atom is 0.269 e. The lowest BCUT2D eigenvalue weighted by Crippen LogP contribution is -2.36. The number of nitro benzene ring substituents is 1. The number of aliphatic imine (C=N–C) groups is 1. The van der Waals surface area contributed by atoms with Gasteiger partial charge in [-0.1, -0.05) is 54.2 Å². The Bertz CT molecular complexity index is 1130. The molecular weight excluding hydrogens is 402 g/mol. The predicted molar refractivity (Wildman–Crippen MR) is 118 cm³/mol. The molecule has 0 N–H and O–H groups in total. The minimum Gasteiger partial charge on any atom is -0.484 e. The lowest BCUT2D eigenvalue weighted by Gasteiger charge is -2.18. The molecule has 0 radical (unpaired) electrons. The second-order valence-electron chi connectivity index (χ2n) is 6.72. The Balaban J connectivity index is 1.34. The van der Waals surface area contributed by atoms with Crippen LogP contribution in [0.25, 0.3) is 10.8 Å². The summed E-state index contributed by atoms with van der Waals surface area (Å²) in [6, 6.07) is 20.2. The van der Waals surface area contributed by atoms with E-state index in [1.165, 1.54) is 23.9 Å². The van der Waals surface area contributed by atoms with Crippen molar-refractivity contribution >= 4 is 39.3 Å². The van der Waals surface area contributed by atoms with Crippen molar-refractivity contribution in [2.45, 2.75) is 5.75 Å². The minimum absolute atomic E-state index is 0.0539. The first-order chi connectivity index (χ1) is 14.6. The maximum absolute atomic E-state index is 12.7. The van der Waals surface area contributed by atoms with Crippen molar-refractivity contribution in [3.63, 3.8) is 0 Å². The SMILES string of the molecule is O=C(COc1ccc2ccccc2c1)N1CCN=C1SCc1cccc([N+](=O)[O-])c1. The van der Waals surface area contributed by atoms with Crippen molar-refractivity contribution in [2.24, 2.45) is 4.99 Å². The fourth-order valence-electron chi connectivity index (χ4n) is 3.17. The van der Waals surface area contributed by atoms with E-state index >= 15 is 0 Å². The number of fused-ring (bicyclic) bond motifs is 1. The Hall–Kier alpha value is -3.39. The van der Waals surface area contributed by atoms with E-state index in [4.69, 9.17) is 4.74 Å². The van der Waals surface area contributed by atoms with Gasteiger partial charge < -0.3 is 4.74 Å². The van der Waals surface area contributed by atoms with Crippen LogP contribution in [0.4, 0.5) is 5.69 Å². The maximum atomic E-state index is 12.7.